The quantitative estimate of drug-likeness (QED) is 0.351. The molecule has 0 N–H and O–H groups in total. The van der Waals surface area contributed by atoms with Gasteiger partial charge >= 0.3 is 31.0 Å². The maximum absolute atomic E-state index is 8.28. The van der Waals surface area contributed by atoms with Gasteiger partial charge in [0.15, 0.2) is 0 Å². The average molecular weight is 84.3 g/mol. The Kier molecular flexibility index (Phi) is 67.9. The van der Waals surface area contributed by atoms with Crippen molar-refractivity contribution in [2.45, 2.75) is 0 Å². The molecular weight excluding hydrogens is 84.3 g/mol. The summed E-state index contributed by atoms with van der Waals surface area (Å²) in [5.41, 5.74) is 0. The Hall–Kier alpha value is -0.0538. The molecule has 0 aromatic rings. The van der Waals surface area contributed by atoms with E-state index in [1.165, 1.54) is 0 Å². The van der Waals surface area contributed by atoms with Crippen molar-refractivity contribution >= 4 is 27.8 Å². The Morgan fingerprint density at radius 2 is 1.20 bits per heavy atom. The van der Waals surface area contributed by atoms with E-state index in [0.717, 1.165) is 0 Å². The third-order valence-electron chi connectivity index (χ3n) is 0. The molecule has 0 saturated heterocycles. The SMILES string of the molecule is O=C=O.[O]=[Mg]. The molecule has 0 fully saturated rings. The topological polar surface area (TPSA) is 51.2 Å². The minimum absolute atomic E-state index is 0.250. The standard InChI is InChI=1S/CO2.Mg.O/c2-1-3;;. The molecule has 0 unspecified atom stereocenters. The summed E-state index contributed by atoms with van der Waals surface area (Å²) in [5.74, 6) is 0. The summed E-state index contributed by atoms with van der Waals surface area (Å²) >= 11 is 0.611. The first-order valence-electron chi connectivity index (χ1n) is 0.697. The van der Waals surface area contributed by atoms with Gasteiger partial charge in [-0.15, -0.1) is 0 Å². The number of carbonyl (C=O) groups excluding carboxylic acids is 2. The van der Waals surface area contributed by atoms with E-state index in [2.05, 4.69) is 0 Å². The van der Waals surface area contributed by atoms with Gasteiger partial charge in [-0.05, 0) is 0 Å². The zero-order valence-corrected chi connectivity index (χ0v) is 3.85. The van der Waals surface area contributed by atoms with Crippen LogP contribution in [0.1, 0.15) is 0 Å². The molecule has 0 spiro atoms. The van der Waals surface area contributed by atoms with Crippen molar-refractivity contribution in [3.63, 3.8) is 0 Å². The molecule has 0 aliphatic carbocycles. The van der Waals surface area contributed by atoms with Crippen molar-refractivity contribution in [2.24, 2.45) is 0 Å². The van der Waals surface area contributed by atoms with E-state index in [1.807, 2.05) is 0 Å². The molecule has 0 rings (SSSR count). The molecule has 5 heavy (non-hydrogen) atoms. The van der Waals surface area contributed by atoms with E-state index in [4.69, 9.17) is 12.8 Å². The average Bonchev–Trinajstić information content (AvgIpc) is 1.46. The molecule has 0 heterocycles. The van der Waals surface area contributed by atoms with Crippen molar-refractivity contribution in [1.82, 2.24) is 0 Å². The summed E-state index contributed by atoms with van der Waals surface area (Å²) in [6.45, 7) is 0. The Morgan fingerprint density at radius 3 is 1.20 bits per heavy atom. The predicted octanol–water partition coefficient (Wildman–Crippen LogP) is -1.08. The molecule has 4 heteroatoms. The van der Waals surface area contributed by atoms with E-state index < -0.39 is 0 Å². The van der Waals surface area contributed by atoms with Gasteiger partial charge in [-0.2, -0.15) is 9.59 Å². The molecular formula is CMgO3. The van der Waals surface area contributed by atoms with Gasteiger partial charge in [0.1, 0.15) is 0 Å². The van der Waals surface area contributed by atoms with E-state index in [0.29, 0.717) is 21.7 Å². The van der Waals surface area contributed by atoms with Crippen molar-refractivity contribution in [1.29, 1.82) is 0 Å². The van der Waals surface area contributed by atoms with Crippen LogP contribution in [0.5, 0.6) is 0 Å². The normalized spacial score (nSPS) is 2.80. The Balaban J connectivity index is 0. The van der Waals surface area contributed by atoms with Crippen molar-refractivity contribution < 1.29 is 12.8 Å². The fourth-order valence-electron chi connectivity index (χ4n) is 0. The van der Waals surface area contributed by atoms with Crippen LogP contribution in [-0.2, 0) is 12.8 Å². The van der Waals surface area contributed by atoms with Crippen LogP contribution >= 0.6 is 0 Å². The van der Waals surface area contributed by atoms with Crippen LogP contribution in [0.15, 0.2) is 0 Å². The van der Waals surface area contributed by atoms with Gasteiger partial charge in [0.05, 0.1) is 0 Å². The molecule has 0 radical (unpaired) electrons. The first-order valence-corrected chi connectivity index (χ1v) is 1.27. The molecule has 0 aromatic carbocycles. The van der Waals surface area contributed by atoms with Crippen LogP contribution in [0, 0.1) is 0 Å². The summed E-state index contributed by atoms with van der Waals surface area (Å²) in [4.78, 5) is 16.2. The molecule has 0 aromatic heterocycles. The molecule has 0 atom stereocenters. The zero-order chi connectivity index (χ0) is 4.71. The van der Waals surface area contributed by atoms with Gasteiger partial charge in [0.2, 0.25) is 0 Å². The van der Waals surface area contributed by atoms with Crippen LogP contribution in [-0.4, -0.2) is 27.8 Å². The van der Waals surface area contributed by atoms with Gasteiger partial charge in [-0.3, -0.25) is 0 Å². The number of rotatable bonds is 0. The van der Waals surface area contributed by atoms with Gasteiger partial charge in [0, 0.05) is 0 Å². The van der Waals surface area contributed by atoms with Crippen LogP contribution in [0.3, 0.4) is 0 Å². The molecule has 0 aliphatic heterocycles. The summed E-state index contributed by atoms with van der Waals surface area (Å²) in [5, 5.41) is 0. The van der Waals surface area contributed by atoms with Gasteiger partial charge in [0.25, 0.3) is 0 Å². The fraction of sp³-hybridized carbons (Fsp3) is 0. The Labute approximate surface area is 41.1 Å². The van der Waals surface area contributed by atoms with Gasteiger partial charge in [-0.1, -0.05) is 0 Å². The fourth-order valence-corrected chi connectivity index (χ4v) is 0. The van der Waals surface area contributed by atoms with Crippen LogP contribution < -0.4 is 0 Å². The third kappa shape index (κ3) is 5170. The first-order chi connectivity index (χ1) is 2.41. The minimum atomic E-state index is 0.250. The van der Waals surface area contributed by atoms with Crippen molar-refractivity contribution in [3.05, 3.63) is 0 Å². The van der Waals surface area contributed by atoms with E-state index in [1.54, 1.807) is 0 Å². The molecule has 0 saturated carbocycles. The predicted molar refractivity (Wildman–Crippen MR) is 11.4 cm³/mol. The number of hydrogen-bond acceptors (Lipinski definition) is 3. The summed E-state index contributed by atoms with van der Waals surface area (Å²) in [7, 11) is 0. The Bertz CT molecular complexity index is 36.2. The van der Waals surface area contributed by atoms with Crippen LogP contribution in [0.4, 0.5) is 0 Å². The maximum atomic E-state index is 8.28. The van der Waals surface area contributed by atoms with E-state index in [9.17, 15) is 0 Å². The second-order valence-corrected chi connectivity index (χ2v) is 0.0833. The molecule has 0 aliphatic rings. The van der Waals surface area contributed by atoms with Crippen LogP contribution in [0.25, 0.3) is 0 Å². The Morgan fingerprint density at radius 1 is 1.20 bits per heavy atom. The first kappa shape index (κ1) is 8.87. The molecule has 0 amide bonds. The van der Waals surface area contributed by atoms with Crippen molar-refractivity contribution in [2.75, 3.05) is 0 Å². The van der Waals surface area contributed by atoms with Crippen molar-refractivity contribution in [3.8, 4) is 0 Å². The third-order valence-corrected chi connectivity index (χ3v) is 0. The summed E-state index contributed by atoms with van der Waals surface area (Å²) in [6, 6.07) is 0. The molecule has 3 nitrogen and oxygen atoms in total. The second kappa shape index (κ2) is 38.3. The monoisotopic (exact) mass is 84.0 g/mol. The van der Waals surface area contributed by atoms with E-state index >= 15 is 0 Å². The summed E-state index contributed by atoms with van der Waals surface area (Å²) < 4.78 is 8.28. The van der Waals surface area contributed by atoms with Gasteiger partial charge < -0.3 is 0 Å². The summed E-state index contributed by atoms with van der Waals surface area (Å²) in [6.07, 6.45) is 0.250. The zero-order valence-electron chi connectivity index (χ0n) is 2.43. The molecule has 0 bridgehead atoms. The van der Waals surface area contributed by atoms with E-state index in [-0.39, 0.29) is 6.15 Å². The van der Waals surface area contributed by atoms with Gasteiger partial charge in [-0.25, -0.2) is 0 Å². The van der Waals surface area contributed by atoms with Crippen LogP contribution in [0.2, 0.25) is 0 Å². The molecule has 24 valence electrons. The second-order valence-electron chi connectivity index (χ2n) is 0.0833. The number of hydrogen-bond donors (Lipinski definition) is 0.